The summed E-state index contributed by atoms with van der Waals surface area (Å²) < 4.78 is 6.58. The zero-order chi connectivity index (χ0) is 12.7. The van der Waals surface area contributed by atoms with Crippen LogP contribution in [0.1, 0.15) is 13.3 Å². The van der Waals surface area contributed by atoms with Crippen LogP contribution < -0.4 is 15.8 Å². The van der Waals surface area contributed by atoms with Crippen molar-refractivity contribution in [2.75, 3.05) is 13.1 Å². The minimum absolute atomic E-state index is 0. The van der Waals surface area contributed by atoms with Gasteiger partial charge in [-0.15, -0.1) is 12.4 Å². The summed E-state index contributed by atoms with van der Waals surface area (Å²) in [5.74, 6) is 0.725. The van der Waals surface area contributed by atoms with Crippen LogP contribution in [0, 0.1) is 0 Å². The fourth-order valence-electron chi connectivity index (χ4n) is 1.28. The van der Waals surface area contributed by atoms with Crippen molar-refractivity contribution < 1.29 is 9.53 Å². The van der Waals surface area contributed by atoms with Crippen LogP contribution in [0.4, 0.5) is 0 Å². The second-order valence-electron chi connectivity index (χ2n) is 3.70. The van der Waals surface area contributed by atoms with Gasteiger partial charge in [-0.05, 0) is 35.0 Å². The van der Waals surface area contributed by atoms with Gasteiger partial charge in [-0.2, -0.15) is 0 Å². The Bertz CT molecular complexity index is 377. The van der Waals surface area contributed by atoms with Crippen LogP contribution in [0.3, 0.4) is 0 Å². The van der Waals surface area contributed by atoms with Gasteiger partial charge in [-0.1, -0.05) is 12.1 Å². The molecular weight excluding hydrogens is 320 g/mol. The topological polar surface area (TPSA) is 64.4 Å². The molecule has 1 atom stereocenters. The molecule has 0 aromatic heterocycles. The molecule has 1 aromatic carbocycles. The Hall–Kier alpha value is -0.780. The van der Waals surface area contributed by atoms with E-state index in [1.165, 1.54) is 0 Å². The van der Waals surface area contributed by atoms with Crippen LogP contribution in [0.5, 0.6) is 5.75 Å². The number of carbonyl (C=O) groups excluding carboxylic acids is 1. The molecule has 6 heteroatoms. The lowest BCUT2D eigenvalue weighted by atomic mass is 10.3. The van der Waals surface area contributed by atoms with Crippen LogP contribution in [-0.2, 0) is 4.79 Å². The number of rotatable bonds is 6. The first-order valence-electron chi connectivity index (χ1n) is 5.51. The smallest absolute Gasteiger partial charge is 0.221 e. The summed E-state index contributed by atoms with van der Waals surface area (Å²) in [6.45, 7) is 2.74. The molecular formula is C12H18BrClN2O2. The Morgan fingerprint density at radius 1 is 1.50 bits per heavy atom. The maximum atomic E-state index is 11.2. The molecule has 0 aliphatic carbocycles. The number of para-hydroxylation sites is 1. The monoisotopic (exact) mass is 336 g/mol. The summed E-state index contributed by atoms with van der Waals surface area (Å²) in [6.07, 6.45) is 0.261. The molecule has 3 N–H and O–H groups in total. The van der Waals surface area contributed by atoms with E-state index in [0.29, 0.717) is 19.5 Å². The number of amides is 1. The molecule has 0 saturated heterocycles. The summed E-state index contributed by atoms with van der Waals surface area (Å²) in [4.78, 5) is 11.2. The number of halogens is 2. The molecule has 0 spiro atoms. The van der Waals surface area contributed by atoms with Gasteiger partial charge in [0.05, 0.1) is 11.0 Å². The quantitative estimate of drug-likeness (QED) is 0.835. The van der Waals surface area contributed by atoms with Crippen molar-refractivity contribution in [3.05, 3.63) is 28.7 Å². The lowest BCUT2D eigenvalue weighted by molar-refractivity contribution is -0.121. The van der Waals surface area contributed by atoms with E-state index < -0.39 is 0 Å². The van der Waals surface area contributed by atoms with E-state index in [0.717, 1.165) is 10.2 Å². The number of hydrogen-bond acceptors (Lipinski definition) is 3. The summed E-state index contributed by atoms with van der Waals surface area (Å²) in [5, 5.41) is 2.76. The van der Waals surface area contributed by atoms with E-state index in [9.17, 15) is 4.79 Å². The number of ether oxygens (including phenoxy) is 1. The summed E-state index contributed by atoms with van der Waals surface area (Å²) in [7, 11) is 0. The van der Waals surface area contributed by atoms with Crippen LogP contribution in [0.2, 0.25) is 0 Å². The average molecular weight is 338 g/mol. The largest absolute Gasteiger partial charge is 0.488 e. The predicted octanol–water partition coefficient (Wildman–Crippen LogP) is 2.10. The summed E-state index contributed by atoms with van der Waals surface area (Å²) in [6, 6.07) is 7.61. The predicted molar refractivity (Wildman–Crippen MR) is 78.2 cm³/mol. The number of benzene rings is 1. The lowest BCUT2D eigenvalue weighted by Gasteiger charge is -2.16. The highest BCUT2D eigenvalue weighted by molar-refractivity contribution is 9.10. The molecule has 0 radical (unpaired) electrons. The summed E-state index contributed by atoms with van der Waals surface area (Å²) >= 11 is 3.40. The molecule has 0 heterocycles. The minimum atomic E-state index is -0.0876. The maximum absolute atomic E-state index is 11.2. The average Bonchev–Trinajstić information content (AvgIpc) is 2.30. The van der Waals surface area contributed by atoms with Gasteiger partial charge in [0.25, 0.3) is 0 Å². The van der Waals surface area contributed by atoms with E-state index in [2.05, 4.69) is 21.2 Å². The van der Waals surface area contributed by atoms with Crippen molar-refractivity contribution in [1.29, 1.82) is 0 Å². The van der Waals surface area contributed by atoms with Gasteiger partial charge in [-0.3, -0.25) is 4.79 Å². The minimum Gasteiger partial charge on any atom is -0.488 e. The first-order valence-corrected chi connectivity index (χ1v) is 6.30. The first-order chi connectivity index (χ1) is 8.13. The van der Waals surface area contributed by atoms with Gasteiger partial charge in [0.1, 0.15) is 11.9 Å². The van der Waals surface area contributed by atoms with E-state index >= 15 is 0 Å². The Balaban J connectivity index is 0.00000289. The third kappa shape index (κ3) is 6.23. The fourth-order valence-corrected chi connectivity index (χ4v) is 1.65. The zero-order valence-corrected chi connectivity index (χ0v) is 12.6. The Morgan fingerprint density at radius 2 is 2.17 bits per heavy atom. The Labute approximate surface area is 122 Å². The SMILES string of the molecule is CC(CNC(=O)CCN)Oc1ccccc1Br.Cl. The highest BCUT2D eigenvalue weighted by Crippen LogP contribution is 2.24. The fraction of sp³-hybridized carbons (Fsp3) is 0.417. The van der Waals surface area contributed by atoms with E-state index in [-0.39, 0.29) is 24.4 Å². The van der Waals surface area contributed by atoms with Crippen LogP contribution in [-0.4, -0.2) is 25.1 Å². The van der Waals surface area contributed by atoms with E-state index in [4.69, 9.17) is 10.5 Å². The molecule has 18 heavy (non-hydrogen) atoms. The molecule has 102 valence electrons. The van der Waals surface area contributed by atoms with Gasteiger partial charge >= 0.3 is 0 Å². The number of carbonyl (C=O) groups is 1. The molecule has 1 amide bonds. The first kappa shape index (κ1) is 17.2. The van der Waals surface area contributed by atoms with E-state index in [1.54, 1.807) is 0 Å². The van der Waals surface area contributed by atoms with Crippen molar-refractivity contribution in [2.24, 2.45) is 5.73 Å². The third-order valence-corrected chi connectivity index (χ3v) is 2.78. The number of nitrogens with two attached hydrogens (primary N) is 1. The van der Waals surface area contributed by atoms with Crippen molar-refractivity contribution in [2.45, 2.75) is 19.4 Å². The van der Waals surface area contributed by atoms with Crippen LogP contribution in [0.25, 0.3) is 0 Å². The standard InChI is InChI=1S/C12H17BrN2O2.ClH/c1-9(8-15-12(16)6-7-14)17-11-5-3-2-4-10(11)13;/h2-5,9H,6-8,14H2,1H3,(H,15,16);1H. The van der Waals surface area contributed by atoms with Crippen LogP contribution in [0.15, 0.2) is 28.7 Å². The van der Waals surface area contributed by atoms with Gasteiger partial charge in [0.15, 0.2) is 0 Å². The Kier molecular flexibility index (Phi) is 8.79. The van der Waals surface area contributed by atoms with E-state index in [1.807, 2.05) is 31.2 Å². The second-order valence-corrected chi connectivity index (χ2v) is 4.56. The molecule has 1 rings (SSSR count). The van der Waals surface area contributed by atoms with Crippen molar-refractivity contribution >= 4 is 34.2 Å². The van der Waals surface area contributed by atoms with Gasteiger partial charge in [-0.25, -0.2) is 0 Å². The molecule has 1 unspecified atom stereocenters. The van der Waals surface area contributed by atoms with Crippen molar-refractivity contribution in [3.8, 4) is 5.75 Å². The third-order valence-electron chi connectivity index (χ3n) is 2.12. The van der Waals surface area contributed by atoms with Crippen LogP contribution >= 0.6 is 28.3 Å². The van der Waals surface area contributed by atoms with Gasteiger partial charge < -0.3 is 15.8 Å². The molecule has 0 saturated carbocycles. The molecule has 0 aliphatic heterocycles. The molecule has 4 nitrogen and oxygen atoms in total. The molecule has 0 aliphatic rings. The zero-order valence-electron chi connectivity index (χ0n) is 10.2. The highest BCUT2D eigenvalue weighted by atomic mass is 79.9. The number of nitrogens with one attached hydrogen (secondary N) is 1. The maximum Gasteiger partial charge on any atom is 0.221 e. The second kappa shape index (κ2) is 9.19. The number of hydrogen-bond donors (Lipinski definition) is 2. The van der Waals surface area contributed by atoms with Crippen molar-refractivity contribution in [1.82, 2.24) is 5.32 Å². The van der Waals surface area contributed by atoms with Gasteiger partial charge in [0.2, 0.25) is 5.91 Å². The Morgan fingerprint density at radius 3 is 2.78 bits per heavy atom. The lowest BCUT2D eigenvalue weighted by Crippen LogP contribution is -2.34. The van der Waals surface area contributed by atoms with Gasteiger partial charge in [0, 0.05) is 13.0 Å². The molecule has 1 aromatic rings. The molecule has 0 bridgehead atoms. The summed E-state index contributed by atoms with van der Waals surface area (Å²) in [5.41, 5.74) is 5.28. The normalized spacial score (nSPS) is 11.3. The van der Waals surface area contributed by atoms with Crippen molar-refractivity contribution in [3.63, 3.8) is 0 Å². The highest BCUT2D eigenvalue weighted by Gasteiger charge is 2.08. The molecule has 0 fully saturated rings.